The van der Waals surface area contributed by atoms with Crippen LogP contribution in [0.4, 0.5) is 0 Å². The molecule has 0 spiro atoms. The summed E-state index contributed by atoms with van der Waals surface area (Å²) in [6.45, 7) is 7.44. The smallest absolute Gasteiger partial charge is 0.0933 e. The quantitative estimate of drug-likeness (QED) is 0.736. The second-order valence-corrected chi connectivity index (χ2v) is 3.15. The van der Waals surface area contributed by atoms with Crippen LogP contribution < -0.4 is 0 Å². The average Bonchev–Trinajstić information content (AvgIpc) is 2.73. The van der Waals surface area contributed by atoms with E-state index in [1.165, 1.54) is 0 Å². The molecule has 2 aromatic rings. The summed E-state index contributed by atoms with van der Waals surface area (Å²) in [5, 5.41) is 4.40. The largest absolute Gasteiger partial charge is 0.241 e. The fourth-order valence-electron chi connectivity index (χ4n) is 1.46. The molecule has 2 rings (SSSR count). The molecule has 1 aromatic heterocycles. The second-order valence-electron chi connectivity index (χ2n) is 3.15. The first-order valence-electron chi connectivity index (χ1n) is 4.75. The average molecular weight is 196 g/mol. The fourth-order valence-corrected chi connectivity index (χ4v) is 1.46. The van der Waals surface area contributed by atoms with Crippen molar-refractivity contribution >= 4 is 12.3 Å². The molecule has 0 N–H and O–H groups in total. The zero-order chi connectivity index (χ0) is 10.7. The Labute approximate surface area is 89.2 Å². The third-order valence-electron chi connectivity index (χ3n) is 2.22. The van der Waals surface area contributed by atoms with Crippen LogP contribution in [0.1, 0.15) is 5.69 Å². The summed E-state index contributed by atoms with van der Waals surface area (Å²) in [5.74, 6) is 0. The van der Waals surface area contributed by atoms with E-state index in [1.54, 1.807) is 17.0 Å². The first kappa shape index (κ1) is 9.46. The standard InChI is InChI=1S/C13H12N2/c1-3-12-10-13(14-15(12)4-2)11-8-6-5-7-9-11/h3-10H,1-2H2. The van der Waals surface area contributed by atoms with Crippen molar-refractivity contribution in [3.05, 3.63) is 55.3 Å². The van der Waals surface area contributed by atoms with Gasteiger partial charge >= 0.3 is 0 Å². The Morgan fingerprint density at radius 1 is 1.13 bits per heavy atom. The molecule has 2 nitrogen and oxygen atoms in total. The molecule has 0 bridgehead atoms. The number of nitrogens with zero attached hydrogens (tertiary/aromatic N) is 2. The van der Waals surface area contributed by atoms with Crippen molar-refractivity contribution in [2.75, 3.05) is 0 Å². The van der Waals surface area contributed by atoms with Crippen molar-refractivity contribution in [2.24, 2.45) is 0 Å². The molecule has 0 saturated heterocycles. The summed E-state index contributed by atoms with van der Waals surface area (Å²) < 4.78 is 1.72. The van der Waals surface area contributed by atoms with Crippen LogP contribution in [-0.2, 0) is 0 Å². The predicted molar refractivity (Wildman–Crippen MR) is 64.1 cm³/mol. The van der Waals surface area contributed by atoms with E-state index in [0.29, 0.717) is 0 Å². The highest BCUT2D eigenvalue weighted by molar-refractivity contribution is 5.63. The SMILES string of the molecule is C=Cc1cc(-c2ccccc2)nn1C=C. The summed E-state index contributed by atoms with van der Waals surface area (Å²) in [4.78, 5) is 0. The van der Waals surface area contributed by atoms with E-state index in [-0.39, 0.29) is 0 Å². The molecule has 0 aliphatic rings. The van der Waals surface area contributed by atoms with Gasteiger partial charge in [0.25, 0.3) is 0 Å². The maximum absolute atomic E-state index is 4.40. The lowest BCUT2D eigenvalue weighted by atomic mass is 10.1. The summed E-state index contributed by atoms with van der Waals surface area (Å²) in [6.07, 6.45) is 3.44. The van der Waals surface area contributed by atoms with Crippen molar-refractivity contribution in [1.29, 1.82) is 0 Å². The molecule has 1 heterocycles. The van der Waals surface area contributed by atoms with Crippen LogP contribution in [0.15, 0.2) is 49.6 Å². The van der Waals surface area contributed by atoms with Gasteiger partial charge in [-0.2, -0.15) is 5.10 Å². The lowest BCUT2D eigenvalue weighted by Gasteiger charge is -1.94. The summed E-state index contributed by atoms with van der Waals surface area (Å²) in [5.41, 5.74) is 2.98. The molecule has 15 heavy (non-hydrogen) atoms. The highest BCUT2D eigenvalue weighted by Crippen LogP contribution is 2.19. The Balaban J connectivity index is 2.51. The van der Waals surface area contributed by atoms with E-state index in [1.807, 2.05) is 36.4 Å². The molecule has 2 heteroatoms. The van der Waals surface area contributed by atoms with Gasteiger partial charge in [-0.25, -0.2) is 4.68 Å². The molecular formula is C13H12N2. The number of rotatable bonds is 3. The number of aromatic nitrogens is 2. The zero-order valence-electron chi connectivity index (χ0n) is 8.43. The van der Waals surface area contributed by atoms with Gasteiger partial charge in [0.15, 0.2) is 0 Å². The molecule has 74 valence electrons. The Bertz CT molecular complexity index is 455. The molecule has 0 atom stereocenters. The minimum Gasteiger partial charge on any atom is -0.241 e. The molecule has 0 unspecified atom stereocenters. The van der Waals surface area contributed by atoms with Crippen molar-refractivity contribution in [3.63, 3.8) is 0 Å². The third-order valence-corrected chi connectivity index (χ3v) is 2.22. The molecule has 0 aliphatic carbocycles. The summed E-state index contributed by atoms with van der Waals surface area (Å²) in [6, 6.07) is 12.0. The van der Waals surface area contributed by atoms with E-state index >= 15 is 0 Å². The highest BCUT2D eigenvalue weighted by atomic mass is 15.3. The molecule has 0 radical (unpaired) electrons. The zero-order valence-corrected chi connectivity index (χ0v) is 8.43. The number of hydrogen-bond acceptors (Lipinski definition) is 1. The van der Waals surface area contributed by atoms with Gasteiger partial charge < -0.3 is 0 Å². The molecule has 0 fully saturated rings. The Morgan fingerprint density at radius 3 is 2.40 bits per heavy atom. The topological polar surface area (TPSA) is 17.8 Å². The van der Waals surface area contributed by atoms with Crippen LogP contribution in [0.5, 0.6) is 0 Å². The van der Waals surface area contributed by atoms with Crippen molar-refractivity contribution < 1.29 is 0 Å². The number of benzene rings is 1. The second kappa shape index (κ2) is 3.96. The Kier molecular flexibility index (Phi) is 2.50. The van der Waals surface area contributed by atoms with Gasteiger partial charge in [-0.1, -0.05) is 43.5 Å². The van der Waals surface area contributed by atoms with E-state index in [9.17, 15) is 0 Å². The number of hydrogen-bond donors (Lipinski definition) is 0. The first-order valence-corrected chi connectivity index (χ1v) is 4.75. The maximum Gasteiger partial charge on any atom is 0.0933 e. The van der Waals surface area contributed by atoms with Crippen LogP contribution in [0, 0.1) is 0 Å². The highest BCUT2D eigenvalue weighted by Gasteiger charge is 2.04. The van der Waals surface area contributed by atoms with Gasteiger partial charge in [0.2, 0.25) is 0 Å². The van der Waals surface area contributed by atoms with Gasteiger partial charge in [0.1, 0.15) is 0 Å². The van der Waals surface area contributed by atoms with Gasteiger partial charge in [0.05, 0.1) is 11.4 Å². The van der Waals surface area contributed by atoms with E-state index in [2.05, 4.69) is 18.3 Å². The molecule has 0 amide bonds. The maximum atomic E-state index is 4.40. The molecule has 0 aliphatic heterocycles. The van der Waals surface area contributed by atoms with Crippen LogP contribution >= 0.6 is 0 Å². The van der Waals surface area contributed by atoms with Gasteiger partial charge in [-0.15, -0.1) is 0 Å². The normalized spacial score (nSPS) is 9.87. The molecule has 0 saturated carbocycles. The van der Waals surface area contributed by atoms with Crippen LogP contribution in [-0.4, -0.2) is 9.78 Å². The predicted octanol–water partition coefficient (Wildman–Crippen LogP) is 3.29. The lowest BCUT2D eigenvalue weighted by Crippen LogP contribution is -1.90. The minimum absolute atomic E-state index is 0.936. The Hall–Kier alpha value is -2.09. The van der Waals surface area contributed by atoms with E-state index in [4.69, 9.17) is 0 Å². The van der Waals surface area contributed by atoms with Crippen molar-refractivity contribution in [3.8, 4) is 11.3 Å². The first-order chi connectivity index (χ1) is 7.35. The summed E-state index contributed by atoms with van der Waals surface area (Å²) >= 11 is 0. The van der Waals surface area contributed by atoms with Crippen molar-refractivity contribution in [2.45, 2.75) is 0 Å². The van der Waals surface area contributed by atoms with Crippen LogP contribution in [0.2, 0.25) is 0 Å². The van der Waals surface area contributed by atoms with Gasteiger partial charge in [0, 0.05) is 11.8 Å². The van der Waals surface area contributed by atoms with Crippen LogP contribution in [0.3, 0.4) is 0 Å². The Morgan fingerprint density at radius 2 is 1.87 bits per heavy atom. The lowest BCUT2D eigenvalue weighted by molar-refractivity contribution is 0.931. The van der Waals surface area contributed by atoms with Gasteiger partial charge in [-0.3, -0.25) is 0 Å². The third kappa shape index (κ3) is 1.74. The summed E-state index contributed by atoms with van der Waals surface area (Å²) in [7, 11) is 0. The van der Waals surface area contributed by atoms with Crippen LogP contribution in [0.25, 0.3) is 23.5 Å². The fraction of sp³-hybridized carbons (Fsp3) is 0. The monoisotopic (exact) mass is 196 g/mol. The van der Waals surface area contributed by atoms with E-state index < -0.39 is 0 Å². The van der Waals surface area contributed by atoms with E-state index in [0.717, 1.165) is 17.0 Å². The minimum atomic E-state index is 0.936. The van der Waals surface area contributed by atoms with Crippen molar-refractivity contribution in [1.82, 2.24) is 9.78 Å². The molecular weight excluding hydrogens is 184 g/mol. The molecule has 1 aromatic carbocycles. The van der Waals surface area contributed by atoms with Gasteiger partial charge in [-0.05, 0) is 12.1 Å².